The molecule has 1 aromatic heterocycles. The SMILES string of the molecule is CC(c1ccccc1F)N(C)Cc1cccnc1C(=O)O. The predicted octanol–water partition coefficient (Wildman–Crippen LogP) is 3.11. The highest BCUT2D eigenvalue weighted by Gasteiger charge is 2.18. The number of carbonyl (C=O) groups is 1. The number of rotatable bonds is 5. The van der Waals surface area contributed by atoms with E-state index in [-0.39, 0.29) is 17.6 Å². The van der Waals surface area contributed by atoms with E-state index in [2.05, 4.69) is 4.98 Å². The number of benzene rings is 1. The summed E-state index contributed by atoms with van der Waals surface area (Å²) < 4.78 is 13.8. The van der Waals surface area contributed by atoms with E-state index in [1.807, 2.05) is 18.9 Å². The van der Waals surface area contributed by atoms with Gasteiger partial charge in [-0.05, 0) is 31.7 Å². The molecular weight excluding hydrogens is 271 g/mol. The fourth-order valence-electron chi connectivity index (χ4n) is 2.22. The lowest BCUT2D eigenvalue weighted by atomic mass is 10.1. The molecule has 0 saturated heterocycles. The molecule has 1 unspecified atom stereocenters. The van der Waals surface area contributed by atoms with Crippen molar-refractivity contribution in [3.8, 4) is 0 Å². The number of carboxylic acid groups (broad SMARTS) is 1. The minimum Gasteiger partial charge on any atom is -0.477 e. The highest BCUT2D eigenvalue weighted by molar-refractivity contribution is 5.86. The second-order valence-corrected chi connectivity index (χ2v) is 4.93. The summed E-state index contributed by atoms with van der Waals surface area (Å²) in [5.41, 5.74) is 1.22. The summed E-state index contributed by atoms with van der Waals surface area (Å²) in [4.78, 5) is 16.9. The van der Waals surface area contributed by atoms with E-state index in [1.54, 1.807) is 30.3 Å². The fraction of sp³-hybridized carbons (Fsp3) is 0.250. The van der Waals surface area contributed by atoms with Crippen molar-refractivity contribution in [1.82, 2.24) is 9.88 Å². The Morgan fingerprint density at radius 1 is 1.33 bits per heavy atom. The van der Waals surface area contributed by atoms with Crippen molar-refractivity contribution < 1.29 is 14.3 Å². The van der Waals surface area contributed by atoms with E-state index >= 15 is 0 Å². The maximum absolute atomic E-state index is 13.8. The Hall–Kier alpha value is -2.27. The van der Waals surface area contributed by atoms with Crippen molar-refractivity contribution in [1.29, 1.82) is 0 Å². The topological polar surface area (TPSA) is 53.4 Å². The van der Waals surface area contributed by atoms with E-state index < -0.39 is 5.97 Å². The second-order valence-electron chi connectivity index (χ2n) is 4.93. The average Bonchev–Trinajstić information content (AvgIpc) is 2.47. The van der Waals surface area contributed by atoms with Gasteiger partial charge in [-0.15, -0.1) is 0 Å². The number of hydrogen-bond acceptors (Lipinski definition) is 3. The van der Waals surface area contributed by atoms with E-state index in [1.165, 1.54) is 12.3 Å². The monoisotopic (exact) mass is 288 g/mol. The van der Waals surface area contributed by atoms with Gasteiger partial charge in [-0.25, -0.2) is 14.2 Å². The molecular formula is C16H17FN2O2. The predicted molar refractivity (Wildman–Crippen MR) is 77.5 cm³/mol. The van der Waals surface area contributed by atoms with Crippen LogP contribution in [-0.2, 0) is 6.54 Å². The van der Waals surface area contributed by atoms with Crippen molar-refractivity contribution in [3.05, 3.63) is 65.2 Å². The van der Waals surface area contributed by atoms with E-state index in [0.29, 0.717) is 17.7 Å². The van der Waals surface area contributed by atoms with Gasteiger partial charge in [0.05, 0.1) is 0 Å². The minimum atomic E-state index is -1.06. The van der Waals surface area contributed by atoms with Gasteiger partial charge in [0.2, 0.25) is 0 Å². The quantitative estimate of drug-likeness (QED) is 0.918. The Morgan fingerprint density at radius 2 is 2.05 bits per heavy atom. The summed E-state index contributed by atoms with van der Waals surface area (Å²) >= 11 is 0. The lowest BCUT2D eigenvalue weighted by Crippen LogP contribution is -2.24. The summed E-state index contributed by atoms with van der Waals surface area (Å²) in [5.74, 6) is -1.32. The first kappa shape index (κ1) is 15.1. The molecule has 21 heavy (non-hydrogen) atoms. The maximum atomic E-state index is 13.8. The average molecular weight is 288 g/mol. The molecule has 0 aliphatic heterocycles. The van der Waals surface area contributed by atoms with Gasteiger partial charge in [0.15, 0.2) is 5.69 Å². The lowest BCUT2D eigenvalue weighted by molar-refractivity contribution is 0.0687. The molecule has 110 valence electrons. The van der Waals surface area contributed by atoms with E-state index in [9.17, 15) is 9.18 Å². The molecule has 5 heteroatoms. The molecule has 1 aromatic carbocycles. The van der Waals surface area contributed by atoms with Crippen molar-refractivity contribution in [2.24, 2.45) is 0 Å². The van der Waals surface area contributed by atoms with Crippen LogP contribution in [-0.4, -0.2) is 28.0 Å². The number of nitrogens with zero attached hydrogens (tertiary/aromatic N) is 2. The number of aromatic carboxylic acids is 1. The second kappa shape index (κ2) is 6.45. The van der Waals surface area contributed by atoms with Crippen LogP contribution >= 0.6 is 0 Å². The zero-order valence-electron chi connectivity index (χ0n) is 12.0. The van der Waals surface area contributed by atoms with Crippen LogP contribution in [0.3, 0.4) is 0 Å². The van der Waals surface area contributed by atoms with Crippen LogP contribution in [0.15, 0.2) is 42.6 Å². The number of aromatic nitrogens is 1. The molecule has 0 radical (unpaired) electrons. The largest absolute Gasteiger partial charge is 0.477 e. The van der Waals surface area contributed by atoms with Gasteiger partial charge >= 0.3 is 5.97 Å². The van der Waals surface area contributed by atoms with Crippen LogP contribution in [0.2, 0.25) is 0 Å². The summed E-state index contributed by atoms with van der Waals surface area (Å²) in [7, 11) is 1.83. The highest BCUT2D eigenvalue weighted by Crippen LogP contribution is 2.23. The van der Waals surface area contributed by atoms with Gasteiger partial charge in [-0.3, -0.25) is 4.90 Å². The molecule has 1 heterocycles. The Kier molecular flexibility index (Phi) is 4.65. The molecule has 1 atom stereocenters. The fourth-order valence-corrected chi connectivity index (χ4v) is 2.22. The highest BCUT2D eigenvalue weighted by atomic mass is 19.1. The number of pyridine rings is 1. The zero-order valence-corrected chi connectivity index (χ0v) is 12.0. The molecule has 0 aliphatic carbocycles. The van der Waals surface area contributed by atoms with Gasteiger partial charge in [-0.1, -0.05) is 24.3 Å². The molecule has 0 spiro atoms. The lowest BCUT2D eigenvalue weighted by Gasteiger charge is -2.25. The molecule has 0 amide bonds. The van der Waals surface area contributed by atoms with Crippen LogP contribution in [0, 0.1) is 5.82 Å². The first-order chi connectivity index (χ1) is 10.0. The molecule has 4 nitrogen and oxygen atoms in total. The first-order valence-electron chi connectivity index (χ1n) is 6.62. The Labute approximate surface area is 122 Å². The number of halogens is 1. The first-order valence-corrected chi connectivity index (χ1v) is 6.62. The van der Waals surface area contributed by atoms with E-state index in [0.717, 1.165) is 0 Å². The summed E-state index contributed by atoms with van der Waals surface area (Å²) in [6.07, 6.45) is 1.45. The van der Waals surface area contributed by atoms with Crippen molar-refractivity contribution >= 4 is 5.97 Å². The van der Waals surface area contributed by atoms with Crippen LogP contribution in [0.1, 0.15) is 34.6 Å². The van der Waals surface area contributed by atoms with Crippen LogP contribution in [0.5, 0.6) is 0 Å². The standard InChI is InChI=1S/C16H17FN2O2/c1-11(13-7-3-4-8-14(13)17)19(2)10-12-6-5-9-18-15(12)16(20)21/h3-9,11H,10H2,1-2H3,(H,20,21). The maximum Gasteiger partial charge on any atom is 0.354 e. The van der Waals surface area contributed by atoms with Crippen molar-refractivity contribution in [3.63, 3.8) is 0 Å². The molecule has 0 saturated carbocycles. The Balaban J connectivity index is 2.20. The molecule has 0 aliphatic rings. The zero-order chi connectivity index (χ0) is 15.4. The molecule has 1 N–H and O–H groups in total. The molecule has 0 bridgehead atoms. The van der Waals surface area contributed by atoms with Crippen LogP contribution in [0.25, 0.3) is 0 Å². The Bertz CT molecular complexity index is 646. The third kappa shape index (κ3) is 3.44. The van der Waals surface area contributed by atoms with Gasteiger partial charge in [-0.2, -0.15) is 0 Å². The van der Waals surface area contributed by atoms with Gasteiger partial charge in [0.1, 0.15) is 5.82 Å². The van der Waals surface area contributed by atoms with Gasteiger partial charge in [0, 0.05) is 24.3 Å². The molecule has 2 aromatic rings. The van der Waals surface area contributed by atoms with Crippen LogP contribution < -0.4 is 0 Å². The van der Waals surface area contributed by atoms with Gasteiger partial charge in [0.25, 0.3) is 0 Å². The van der Waals surface area contributed by atoms with Crippen LogP contribution in [0.4, 0.5) is 4.39 Å². The number of carboxylic acids is 1. The molecule has 2 rings (SSSR count). The third-order valence-electron chi connectivity index (χ3n) is 3.53. The number of hydrogen-bond donors (Lipinski definition) is 1. The summed E-state index contributed by atoms with van der Waals surface area (Å²) in [6, 6.07) is 9.84. The smallest absolute Gasteiger partial charge is 0.354 e. The molecule has 0 fully saturated rings. The van der Waals surface area contributed by atoms with Crippen molar-refractivity contribution in [2.75, 3.05) is 7.05 Å². The minimum absolute atomic E-state index is 0.0325. The summed E-state index contributed by atoms with van der Waals surface area (Å²) in [5, 5.41) is 9.14. The van der Waals surface area contributed by atoms with Crippen molar-refractivity contribution in [2.45, 2.75) is 19.5 Å². The normalized spacial score (nSPS) is 12.4. The van der Waals surface area contributed by atoms with E-state index in [4.69, 9.17) is 5.11 Å². The third-order valence-corrected chi connectivity index (χ3v) is 3.53. The Morgan fingerprint density at radius 3 is 2.71 bits per heavy atom. The summed E-state index contributed by atoms with van der Waals surface area (Å²) in [6.45, 7) is 2.26. The van der Waals surface area contributed by atoms with Gasteiger partial charge < -0.3 is 5.11 Å².